The molecule has 2 unspecified atom stereocenters. The predicted octanol–water partition coefficient (Wildman–Crippen LogP) is 8.21. The Hall–Kier alpha value is -6.72. The highest BCUT2D eigenvalue weighted by molar-refractivity contribution is 7.99. The molecule has 3 aromatic carbocycles. The van der Waals surface area contributed by atoms with Gasteiger partial charge >= 0.3 is 5.97 Å². The minimum Gasteiger partial charge on any atom is -0.508 e. The van der Waals surface area contributed by atoms with Gasteiger partial charge in [0.25, 0.3) is 0 Å². The van der Waals surface area contributed by atoms with Crippen molar-refractivity contribution in [3.05, 3.63) is 128 Å². The maximum Gasteiger partial charge on any atom is 0.336 e. The van der Waals surface area contributed by atoms with Crippen LogP contribution in [-0.4, -0.2) is 78.8 Å². The second kappa shape index (κ2) is 16.3. The van der Waals surface area contributed by atoms with Crippen molar-refractivity contribution in [2.45, 2.75) is 42.3 Å². The molecule has 334 valence electrons. The number of aromatic amines is 1. The van der Waals surface area contributed by atoms with E-state index < -0.39 is 17.4 Å². The maximum atomic E-state index is 12.9. The molecule has 5 aromatic rings. The number of aromatic nitrogens is 3. The number of aromatic hydroxyl groups is 1. The van der Waals surface area contributed by atoms with E-state index in [1.165, 1.54) is 36.0 Å². The Bertz CT molecular complexity index is 3300. The van der Waals surface area contributed by atoms with E-state index in [1.807, 2.05) is 17.9 Å². The van der Waals surface area contributed by atoms with E-state index in [-0.39, 0.29) is 34.3 Å². The van der Waals surface area contributed by atoms with E-state index in [1.54, 1.807) is 30.3 Å². The van der Waals surface area contributed by atoms with Crippen molar-refractivity contribution in [3.63, 3.8) is 0 Å². The first-order valence-electron chi connectivity index (χ1n) is 21.3. The van der Waals surface area contributed by atoms with Crippen LogP contribution in [0.3, 0.4) is 0 Å². The summed E-state index contributed by atoms with van der Waals surface area (Å²) in [6.07, 6.45) is 3.51. The fourth-order valence-corrected chi connectivity index (χ4v) is 11.0. The van der Waals surface area contributed by atoms with E-state index in [4.69, 9.17) is 49.7 Å². The molecule has 2 saturated heterocycles. The number of halogens is 1. The van der Waals surface area contributed by atoms with Crippen molar-refractivity contribution in [3.8, 4) is 28.2 Å². The lowest BCUT2D eigenvalue weighted by molar-refractivity contribution is -0.120. The molecule has 66 heavy (non-hydrogen) atoms. The minimum atomic E-state index is -1.15. The van der Waals surface area contributed by atoms with Gasteiger partial charge in [0.05, 0.1) is 16.0 Å². The number of phenols is 1. The number of rotatable bonds is 9. The number of phenolic OH excluding ortho intramolecular Hbond substituents is 1. The molecule has 5 heterocycles. The molecule has 0 bridgehead atoms. The number of H-pyrrole nitrogens is 1. The summed E-state index contributed by atoms with van der Waals surface area (Å²) < 4.78 is 5.97. The highest BCUT2D eigenvalue weighted by Gasteiger charge is 2.70. The fraction of sp³-hybridized carbons (Fsp3) is 0.224. The molecule has 2 atom stereocenters. The second-order valence-corrected chi connectivity index (χ2v) is 18.9. The standard InChI is InChI=1S/C49H43ClN8O6S2/c1-4-37-42(50)41-43(54-37)55-47(56-44(41)58-21-35-36(22-58)49(35,52)46(51)63)66-30-9-5-25(24(3)15-30)16-26-20-57(14-13-23(26)2)48(65)53-27-6-10-31(34(17-27)45(61)62)40-32-11-7-28(59)18-38(32)64-39-19-29(60)8-12-33(39)40/h5-12,15-19,35-36,59H,2,4,13-14,20-22,52H2,1,3H3,(H2,51,63)(H,53,65)(H,61,62)(H,54,55,56)/b26-16-. The van der Waals surface area contributed by atoms with Crippen LogP contribution in [0.5, 0.6) is 5.75 Å². The number of benzene rings is 4. The van der Waals surface area contributed by atoms with Gasteiger partial charge in [-0.05, 0) is 126 Å². The summed E-state index contributed by atoms with van der Waals surface area (Å²) in [7, 11) is 0. The number of hydrogen-bond donors (Lipinski definition) is 6. The summed E-state index contributed by atoms with van der Waals surface area (Å²) in [5.74, 6) is -0.751. The first kappa shape index (κ1) is 43.2. The van der Waals surface area contributed by atoms with Crippen molar-refractivity contribution >= 4 is 92.2 Å². The van der Waals surface area contributed by atoms with Gasteiger partial charge < -0.3 is 46.2 Å². The monoisotopic (exact) mass is 938 g/mol. The molecule has 8 N–H and O–H groups in total. The molecule has 5 aliphatic rings. The fourth-order valence-electron chi connectivity index (χ4n) is 9.48. The lowest BCUT2D eigenvalue weighted by atomic mass is 9.90. The lowest BCUT2D eigenvalue weighted by Crippen LogP contribution is -2.47. The van der Waals surface area contributed by atoms with Crippen molar-refractivity contribution in [1.29, 1.82) is 0 Å². The molecule has 0 radical (unpaired) electrons. The number of carboxylic acids is 1. The van der Waals surface area contributed by atoms with Gasteiger partial charge in [0.1, 0.15) is 34.1 Å². The number of likely N-dealkylation sites (tertiary alicyclic amines) is 1. The first-order chi connectivity index (χ1) is 31.6. The Kier molecular flexibility index (Phi) is 10.7. The summed E-state index contributed by atoms with van der Waals surface area (Å²) in [6.45, 7) is 10.7. The van der Waals surface area contributed by atoms with Crippen LogP contribution < -0.4 is 27.1 Å². The van der Waals surface area contributed by atoms with E-state index in [9.17, 15) is 24.6 Å². The molecular weight excluding hydrogens is 896 g/mol. The van der Waals surface area contributed by atoms with Gasteiger partial charge in [0.15, 0.2) is 15.7 Å². The third-order valence-electron chi connectivity index (χ3n) is 13.2. The molecule has 0 spiro atoms. The molecule has 3 aliphatic heterocycles. The molecular formula is C49H43ClN8O6S2. The number of aromatic carboxylic acids is 1. The van der Waals surface area contributed by atoms with Crippen LogP contribution >= 0.6 is 35.6 Å². The van der Waals surface area contributed by atoms with Crippen LogP contribution in [-0.2, 0) is 11.2 Å². The zero-order valence-corrected chi connectivity index (χ0v) is 38.2. The number of carboxylic acid groups (broad SMARTS) is 1. The van der Waals surface area contributed by atoms with Crippen LogP contribution in [0.15, 0.2) is 110 Å². The normalized spacial score (nSPS) is 19.8. The predicted molar refractivity (Wildman–Crippen MR) is 262 cm³/mol. The highest BCUT2D eigenvalue weighted by Crippen LogP contribution is 2.55. The molecule has 1 saturated carbocycles. The highest BCUT2D eigenvalue weighted by atomic mass is 35.5. The summed E-state index contributed by atoms with van der Waals surface area (Å²) in [5, 5.41) is 26.9. The van der Waals surface area contributed by atoms with Crippen LogP contribution in [0.25, 0.3) is 50.5 Å². The van der Waals surface area contributed by atoms with Gasteiger partial charge in [-0.15, -0.1) is 0 Å². The number of amides is 1. The number of piperidine rings is 2. The Balaban J connectivity index is 0.871. The van der Waals surface area contributed by atoms with E-state index in [0.29, 0.717) is 99.1 Å². The average Bonchev–Trinajstić information content (AvgIpc) is 3.53. The lowest BCUT2D eigenvalue weighted by Gasteiger charge is -2.32. The number of nitrogens with one attached hydrogen (secondary N) is 2. The van der Waals surface area contributed by atoms with E-state index >= 15 is 0 Å². The molecule has 2 aromatic heterocycles. The maximum absolute atomic E-state index is 12.9. The number of hydrogen-bond acceptors (Lipinski definition) is 11. The van der Waals surface area contributed by atoms with Crippen LogP contribution in [0.1, 0.15) is 40.5 Å². The molecule has 3 fully saturated rings. The number of aryl methyl sites for hydroxylation is 2. The van der Waals surface area contributed by atoms with Crippen molar-refractivity contribution in [2.24, 2.45) is 23.3 Å². The van der Waals surface area contributed by atoms with Crippen LogP contribution in [0.4, 0.5) is 11.5 Å². The quantitative estimate of drug-likeness (QED) is 0.0457. The smallest absolute Gasteiger partial charge is 0.336 e. The molecule has 2 aliphatic carbocycles. The van der Waals surface area contributed by atoms with Crippen LogP contribution in [0, 0.1) is 18.8 Å². The number of primary amides is 1. The third kappa shape index (κ3) is 7.43. The van der Waals surface area contributed by atoms with Crippen molar-refractivity contribution < 1.29 is 24.2 Å². The molecule has 10 rings (SSSR count). The Morgan fingerprint density at radius 2 is 1.86 bits per heavy atom. The topological polar surface area (TPSA) is 217 Å². The van der Waals surface area contributed by atoms with E-state index in [2.05, 4.69) is 46.9 Å². The van der Waals surface area contributed by atoms with Crippen LogP contribution in [0.2, 0.25) is 5.02 Å². The SMILES string of the molecule is C=C1CCN(C(=S)Nc2ccc(-c3c4ccc(=O)cc-4oc4cc(O)ccc34)c(C(=O)O)c2)C/C1=C/c1ccc(Sc2nc(N3CC4C(C3)C4(N)C(N)=O)c3c(Cl)c(CC)[nH]c3n2)cc1C. The average molecular weight is 940 g/mol. The van der Waals surface area contributed by atoms with Crippen molar-refractivity contribution in [1.82, 2.24) is 19.9 Å². The van der Waals surface area contributed by atoms with Gasteiger partial charge in [-0.3, -0.25) is 9.59 Å². The van der Waals surface area contributed by atoms with Gasteiger partial charge in [-0.1, -0.05) is 37.2 Å². The number of nitrogens with zero attached hydrogens (tertiary/aromatic N) is 4. The zero-order valence-electron chi connectivity index (χ0n) is 35.8. The number of nitrogens with two attached hydrogens (primary N) is 2. The van der Waals surface area contributed by atoms with Gasteiger partial charge in [0, 0.05) is 82.9 Å². The number of carbonyl (C=O) groups is 2. The number of carbonyl (C=O) groups excluding carboxylic acids is 1. The van der Waals surface area contributed by atoms with E-state index in [0.717, 1.165) is 38.2 Å². The van der Waals surface area contributed by atoms with Crippen molar-refractivity contribution in [2.75, 3.05) is 36.4 Å². The largest absolute Gasteiger partial charge is 0.508 e. The Morgan fingerprint density at radius 1 is 1.09 bits per heavy atom. The number of thiocarbonyl (C=S) groups is 1. The number of anilines is 2. The van der Waals surface area contributed by atoms with Gasteiger partial charge in [-0.2, -0.15) is 0 Å². The first-order valence-corrected chi connectivity index (χ1v) is 22.9. The summed E-state index contributed by atoms with van der Waals surface area (Å²) in [6, 6.07) is 20.2. The third-order valence-corrected chi connectivity index (χ3v) is 14.8. The number of fused-ring (bicyclic) bond motifs is 4. The molecule has 14 nitrogen and oxygen atoms in total. The Morgan fingerprint density at radius 3 is 2.59 bits per heavy atom. The summed E-state index contributed by atoms with van der Waals surface area (Å²) in [5.41, 5.74) is 18.7. The minimum absolute atomic E-state index is 0.0140. The molecule has 1 amide bonds. The zero-order chi connectivity index (χ0) is 46.3. The summed E-state index contributed by atoms with van der Waals surface area (Å²) in [4.78, 5) is 55.6. The second-order valence-electron chi connectivity index (χ2n) is 17.1. The Labute approximate surface area is 392 Å². The van der Waals surface area contributed by atoms with Gasteiger partial charge in [0.2, 0.25) is 5.91 Å². The van der Waals surface area contributed by atoms with Gasteiger partial charge in [-0.25, -0.2) is 14.8 Å². The summed E-state index contributed by atoms with van der Waals surface area (Å²) >= 11 is 14.2. The molecule has 17 heteroatoms.